The van der Waals surface area contributed by atoms with Crippen molar-refractivity contribution in [3.05, 3.63) is 32.6 Å². The van der Waals surface area contributed by atoms with Crippen molar-refractivity contribution in [2.75, 3.05) is 13.6 Å². The number of hydrogen-bond acceptors (Lipinski definition) is 4. The van der Waals surface area contributed by atoms with E-state index in [1.54, 1.807) is 0 Å². The second-order valence-electron chi connectivity index (χ2n) is 3.04. The van der Waals surface area contributed by atoms with Gasteiger partial charge in [-0.1, -0.05) is 0 Å². The van der Waals surface area contributed by atoms with E-state index in [1.165, 1.54) is 7.05 Å². The van der Waals surface area contributed by atoms with Crippen LogP contribution in [0.2, 0.25) is 0 Å². The lowest BCUT2D eigenvalue weighted by atomic mass is 10.3. The molecule has 8 nitrogen and oxygen atoms in total. The molecule has 1 rings (SSSR count). The van der Waals surface area contributed by atoms with Crippen LogP contribution in [0.3, 0.4) is 0 Å². The van der Waals surface area contributed by atoms with E-state index in [0.717, 1.165) is 11.1 Å². The fourth-order valence-electron chi connectivity index (χ4n) is 1.05. The first kappa shape index (κ1) is 11.7. The molecular formula is C8H9N3O5. The van der Waals surface area contributed by atoms with Crippen LogP contribution in [-0.2, 0) is 4.79 Å². The summed E-state index contributed by atoms with van der Waals surface area (Å²) in [6.45, 7) is -0.530. The van der Waals surface area contributed by atoms with Crippen molar-refractivity contribution in [3.63, 3.8) is 0 Å². The molecule has 0 atom stereocenters. The van der Waals surface area contributed by atoms with E-state index in [1.807, 2.05) is 4.98 Å². The fraction of sp³-hybridized carbons (Fsp3) is 0.250. The summed E-state index contributed by atoms with van der Waals surface area (Å²) in [6.07, 6.45) is 0.946. The second-order valence-corrected chi connectivity index (χ2v) is 3.04. The number of nitrogens with one attached hydrogen (secondary N) is 2. The molecule has 0 spiro atoms. The van der Waals surface area contributed by atoms with E-state index < -0.39 is 29.7 Å². The average Bonchev–Trinajstić information content (AvgIpc) is 2.15. The highest BCUT2D eigenvalue weighted by Crippen LogP contribution is 1.93. The smallest absolute Gasteiger partial charge is 0.325 e. The molecule has 0 aliphatic rings. The van der Waals surface area contributed by atoms with Gasteiger partial charge in [0.25, 0.3) is 11.5 Å². The summed E-state index contributed by atoms with van der Waals surface area (Å²) < 4.78 is 0. The van der Waals surface area contributed by atoms with Crippen LogP contribution in [0.15, 0.2) is 15.8 Å². The van der Waals surface area contributed by atoms with Gasteiger partial charge in [0.1, 0.15) is 12.1 Å². The molecule has 0 aromatic carbocycles. The van der Waals surface area contributed by atoms with Crippen LogP contribution in [0.25, 0.3) is 0 Å². The predicted octanol–water partition coefficient (Wildman–Crippen LogP) is -1.78. The lowest BCUT2D eigenvalue weighted by molar-refractivity contribution is -0.137. The van der Waals surface area contributed by atoms with Gasteiger partial charge in [-0.25, -0.2) is 4.79 Å². The normalized spacial score (nSPS) is 9.81. The maximum atomic E-state index is 11.5. The van der Waals surface area contributed by atoms with Gasteiger partial charge in [0.05, 0.1) is 0 Å². The average molecular weight is 227 g/mol. The molecule has 0 unspecified atom stereocenters. The van der Waals surface area contributed by atoms with Crippen LogP contribution >= 0.6 is 0 Å². The fourth-order valence-corrected chi connectivity index (χ4v) is 1.05. The van der Waals surface area contributed by atoms with E-state index in [2.05, 4.69) is 4.98 Å². The number of rotatable bonds is 3. The van der Waals surface area contributed by atoms with Crippen LogP contribution in [0.4, 0.5) is 0 Å². The van der Waals surface area contributed by atoms with E-state index in [0.29, 0.717) is 0 Å². The number of carbonyl (C=O) groups is 2. The zero-order chi connectivity index (χ0) is 12.3. The van der Waals surface area contributed by atoms with Gasteiger partial charge in [0.2, 0.25) is 0 Å². The van der Waals surface area contributed by atoms with Gasteiger partial charge < -0.3 is 15.0 Å². The van der Waals surface area contributed by atoms with Gasteiger partial charge in [-0.05, 0) is 0 Å². The highest BCUT2D eigenvalue weighted by Gasteiger charge is 2.17. The number of aliphatic carboxylic acids is 1. The van der Waals surface area contributed by atoms with Crippen LogP contribution in [0.5, 0.6) is 0 Å². The SMILES string of the molecule is CN(CC(=O)O)C(=O)c1c[nH]c(=O)[nH]c1=O. The number of H-pyrrole nitrogens is 2. The monoisotopic (exact) mass is 227 g/mol. The summed E-state index contributed by atoms with van der Waals surface area (Å²) in [4.78, 5) is 48.6. The largest absolute Gasteiger partial charge is 0.480 e. The Labute approximate surface area is 88.5 Å². The maximum Gasteiger partial charge on any atom is 0.325 e. The molecule has 0 saturated heterocycles. The molecule has 0 radical (unpaired) electrons. The summed E-state index contributed by atoms with van der Waals surface area (Å²) in [5.41, 5.74) is -1.91. The first-order valence-corrected chi connectivity index (χ1v) is 4.21. The van der Waals surface area contributed by atoms with Crippen LogP contribution in [-0.4, -0.2) is 45.4 Å². The van der Waals surface area contributed by atoms with Crippen molar-refractivity contribution in [1.29, 1.82) is 0 Å². The number of carboxylic acid groups (broad SMARTS) is 1. The molecule has 1 heterocycles. The Morgan fingerprint density at radius 3 is 2.56 bits per heavy atom. The van der Waals surface area contributed by atoms with Gasteiger partial charge in [-0.2, -0.15) is 0 Å². The Morgan fingerprint density at radius 1 is 1.44 bits per heavy atom. The summed E-state index contributed by atoms with van der Waals surface area (Å²) in [7, 11) is 1.24. The Hall–Kier alpha value is -2.38. The molecular weight excluding hydrogens is 218 g/mol. The second kappa shape index (κ2) is 4.43. The van der Waals surface area contributed by atoms with Crippen LogP contribution in [0.1, 0.15) is 10.4 Å². The summed E-state index contributed by atoms with van der Waals surface area (Å²) in [6, 6.07) is 0. The van der Waals surface area contributed by atoms with Gasteiger partial charge in [0.15, 0.2) is 0 Å². The van der Waals surface area contributed by atoms with E-state index in [9.17, 15) is 19.2 Å². The van der Waals surface area contributed by atoms with Crippen molar-refractivity contribution in [2.45, 2.75) is 0 Å². The van der Waals surface area contributed by atoms with Crippen LogP contribution < -0.4 is 11.2 Å². The Balaban J connectivity index is 3.01. The molecule has 86 valence electrons. The third-order valence-electron chi connectivity index (χ3n) is 1.77. The van der Waals surface area contributed by atoms with E-state index in [-0.39, 0.29) is 5.56 Å². The van der Waals surface area contributed by atoms with Gasteiger partial charge in [-0.3, -0.25) is 19.4 Å². The predicted molar refractivity (Wildman–Crippen MR) is 52.3 cm³/mol. The number of hydrogen-bond donors (Lipinski definition) is 3. The molecule has 16 heavy (non-hydrogen) atoms. The van der Waals surface area contributed by atoms with Crippen molar-refractivity contribution in [1.82, 2.24) is 14.9 Å². The number of carboxylic acids is 1. The molecule has 0 fully saturated rings. The number of carbonyl (C=O) groups excluding carboxylic acids is 1. The molecule has 0 aliphatic carbocycles. The maximum absolute atomic E-state index is 11.5. The van der Waals surface area contributed by atoms with Crippen molar-refractivity contribution in [3.8, 4) is 0 Å². The van der Waals surface area contributed by atoms with Crippen LogP contribution in [0, 0.1) is 0 Å². The first-order valence-electron chi connectivity index (χ1n) is 4.21. The Bertz CT molecular complexity index is 529. The number of likely N-dealkylation sites (N-methyl/N-ethyl adjacent to an activating group) is 1. The molecule has 1 aromatic heterocycles. The van der Waals surface area contributed by atoms with Crippen molar-refractivity contribution >= 4 is 11.9 Å². The molecule has 0 bridgehead atoms. The number of aromatic amines is 2. The third-order valence-corrected chi connectivity index (χ3v) is 1.77. The zero-order valence-corrected chi connectivity index (χ0v) is 8.31. The lowest BCUT2D eigenvalue weighted by Gasteiger charge is -2.13. The van der Waals surface area contributed by atoms with Gasteiger partial charge in [-0.15, -0.1) is 0 Å². The number of amides is 1. The quantitative estimate of drug-likeness (QED) is 0.563. The van der Waals surface area contributed by atoms with Crippen molar-refractivity contribution < 1.29 is 14.7 Å². The Morgan fingerprint density at radius 2 is 2.06 bits per heavy atom. The van der Waals surface area contributed by atoms with Crippen molar-refractivity contribution in [2.24, 2.45) is 0 Å². The van der Waals surface area contributed by atoms with Gasteiger partial charge in [0, 0.05) is 13.2 Å². The van der Waals surface area contributed by atoms with E-state index >= 15 is 0 Å². The molecule has 0 saturated carbocycles. The Kier molecular flexibility index (Phi) is 3.24. The highest BCUT2D eigenvalue weighted by atomic mass is 16.4. The highest BCUT2D eigenvalue weighted by molar-refractivity contribution is 5.94. The molecule has 0 aliphatic heterocycles. The third kappa shape index (κ3) is 2.56. The summed E-state index contributed by atoms with van der Waals surface area (Å²) >= 11 is 0. The topological polar surface area (TPSA) is 123 Å². The minimum atomic E-state index is -1.20. The zero-order valence-electron chi connectivity index (χ0n) is 8.31. The standard InChI is InChI=1S/C8H9N3O5/c1-11(3-5(12)13)7(15)4-2-9-8(16)10-6(4)14/h2H,3H2,1H3,(H,12,13)(H2,9,10,14,16). The number of nitrogens with zero attached hydrogens (tertiary/aromatic N) is 1. The molecule has 1 amide bonds. The van der Waals surface area contributed by atoms with Gasteiger partial charge >= 0.3 is 11.7 Å². The van der Waals surface area contributed by atoms with E-state index in [4.69, 9.17) is 5.11 Å². The first-order chi connectivity index (χ1) is 7.41. The minimum Gasteiger partial charge on any atom is -0.480 e. The minimum absolute atomic E-state index is 0.316. The lowest BCUT2D eigenvalue weighted by Crippen LogP contribution is -2.37. The number of aromatic nitrogens is 2. The summed E-state index contributed by atoms with van der Waals surface area (Å²) in [5.74, 6) is -1.98. The molecule has 1 aromatic rings. The molecule has 3 N–H and O–H groups in total. The molecule has 8 heteroatoms. The summed E-state index contributed by atoms with van der Waals surface area (Å²) in [5, 5.41) is 8.46.